The summed E-state index contributed by atoms with van der Waals surface area (Å²) in [5, 5.41) is 8.26. The zero-order valence-electron chi connectivity index (χ0n) is 17.6. The lowest BCUT2D eigenvalue weighted by molar-refractivity contribution is -0.137. The van der Waals surface area contributed by atoms with Crippen LogP contribution in [0.1, 0.15) is 17.0 Å². The van der Waals surface area contributed by atoms with Crippen molar-refractivity contribution < 1.29 is 22.3 Å². The Balaban J connectivity index is 1.45. The van der Waals surface area contributed by atoms with E-state index < -0.39 is 11.7 Å². The number of oxazole rings is 1. The fraction of sp³-hybridized carbons (Fsp3) is 0.130. The maximum Gasteiger partial charge on any atom is 0.416 e. The van der Waals surface area contributed by atoms with Gasteiger partial charge in [-0.3, -0.25) is 4.57 Å². The molecule has 170 valence electrons. The molecule has 1 aliphatic heterocycles. The van der Waals surface area contributed by atoms with Crippen LogP contribution in [0.4, 0.5) is 13.2 Å². The van der Waals surface area contributed by atoms with Crippen molar-refractivity contribution in [1.29, 1.82) is 0 Å². The van der Waals surface area contributed by atoms with Gasteiger partial charge in [-0.15, -0.1) is 5.10 Å². The minimum absolute atomic E-state index is 0.206. The average molecular weight is 464 g/mol. The molecule has 0 unspecified atom stereocenters. The van der Waals surface area contributed by atoms with E-state index in [1.807, 2.05) is 22.8 Å². The summed E-state index contributed by atoms with van der Waals surface area (Å²) in [5.41, 5.74) is 3.50. The van der Waals surface area contributed by atoms with Gasteiger partial charge in [0.05, 0.1) is 41.6 Å². The van der Waals surface area contributed by atoms with Crippen molar-refractivity contribution in [3.05, 3.63) is 78.2 Å². The molecule has 5 aromatic rings. The number of nitrogens with zero attached hydrogens (tertiary/aromatic N) is 6. The van der Waals surface area contributed by atoms with Gasteiger partial charge in [0.2, 0.25) is 5.89 Å². The fourth-order valence-corrected chi connectivity index (χ4v) is 4.05. The van der Waals surface area contributed by atoms with Gasteiger partial charge in [-0.25, -0.2) is 14.6 Å². The summed E-state index contributed by atoms with van der Waals surface area (Å²) in [6.45, 7) is 0. The van der Waals surface area contributed by atoms with Gasteiger partial charge in [-0.1, -0.05) is 17.3 Å². The van der Waals surface area contributed by atoms with Crippen molar-refractivity contribution in [3.8, 4) is 40.0 Å². The molecule has 0 radical (unpaired) electrons. The van der Waals surface area contributed by atoms with E-state index in [0.717, 1.165) is 34.9 Å². The van der Waals surface area contributed by atoms with Crippen molar-refractivity contribution in [1.82, 2.24) is 29.5 Å². The second kappa shape index (κ2) is 7.30. The molecule has 0 N–H and O–H groups in total. The number of aromatic nitrogens is 6. The van der Waals surface area contributed by atoms with Gasteiger partial charge in [0.25, 0.3) is 0 Å². The molecule has 0 bridgehead atoms. The van der Waals surface area contributed by atoms with Crippen LogP contribution < -0.4 is 4.74 Å². The summed E-state index contributed by atoms with van der Waals surface area (Å²) in [6, 6.07) is 10.5. The number of fused-ring (bicyclic) bond motifs is 5. The molecule has 1 aliphatic rings. The minimum atomic E-state index is -4.45. The molecular formula is C23H15F3N6O2. The molecular weight excluding hydrogens is 449 g/mol. The molecule has 0 aliphatic carbocycles. The molecule has 2 aromatic carbocycles. The Labute approximate surface area is 190 Å². The Morgan fingerprint density at radius 2 is 1.97 bits per heavy atom. The van der Waals surface area contributed by atoms with Crippen LogP contribution in [0.3, 0.4) is 0 Å². The van der Waals surface area contributed by atoms with E-state index in [1.165, 1.54) is 12.3 Å². The van der Waals surface area contributed by atoms with E-state index in [2.05, 4.69) is 20.3 Å². The Morgan fingerprint density at radius 1 is 1.09 bits per heavy atom. The average Bonchev–Trinajstić information content (AvgIpc) is 3.57. The monoisotopic (exact) mass is 464 g/mol. The number of imidazole rings is 1. The van der Waals surface area contributed by atoms with Crippen molar-refractivity contribution in [2.45, 2.75) is 12.6 Å². The first-order chi connectivity index (χ1) is 16.4. The van der Waals surface area contributed by atoms with Crippen molar-refractivity contribution >= 4 is 0 Å². The van der Waals surface area contributed by atoms with Crippen LogP contribution in [0.25, 0.3) is 34.2 Å². The van der Waals surface area contributed by atoms with Crippen LogP contribution in [0.2, 0.25) is 0 Å². The minimum Gasteiger partial charge on any atom is -0.497 e. The van der Waals surface area contributed by atoms with E-state index in [4.69, 9.17) is 9.15 Å². The highest BCUT2D eigenvalue weighted by molar-refractivity contribution is 5.66. The van der Waals surface area contributed by atoms with Crippen molar-refractivity contribution in [3.63, 3.8) is 0 Å². The molecule has 0 saturated carbocycles. The lowest BCUT2D eigenvalue weighted by atomic mass is 10.1. The molecule has 6 rings (SSSR count). The Kier molecular flexibility index (Phi) is 4.34. The van der Waals surface area contributed by atoms with Crippen LogP contribution in [0.15, 0.2) is 65.7 Å². The van der Waals surface area contributed by atoms with Crippen LogP contribution in [0.5, 0.6) is 5.75 Å². The summed E-state index contributed by atoms with van der Waals surface area (Å²) in [4.78, 5) is 8.96. The Bertz CT molecular complexity index is 1530. The fourth-order valence-electron chi connectivity index (χ4n) is 4.05. The lowest BCUT2D eigenvalue weighted by Gasteiger charge is -2.11. The molecule has 0 saturated heterocycles. The molecule has 8 nitrogen and oxygen atoms in total. The molecule has 3 aromatic heterocycles. The standard InChI is InChI=1S/C23H15F3N6O2/c1-33-16-5-6-18-19(9-16)32-15(10-28-30-32)8-20-21(27-12-31(18)20)22-29-17(11-34-22)13-3-2-4-14(7-13)23(24,25)26/h2-7,9-12H,8H2,1H3. The number of ether oxygens (including phenoxy) is 1. The molecule has 0 fully saturated rings. The van der Waals surface area contributed by atoms with Gasteiger partial charge >= 0.3 is 6.18 Å². The second-order valence-electron chi connectivity index (χ2n) is 7.69. The first-order valence-electron chi connectivity index (χ1n) is 10.2. The highest BCUT2D eigenvalue weighted by Gasteiger charge is 2.31. The topological polar surface area (TPSA) is 83.8 Å². The van der Waals surface area contributed by atoms with E-state index >= 15 is 0 Å². The Hall–Kier alpha value is -4.41. The smallest absolute Gasteiger partial charge is 0.416 e. The van der Waals surface area contributed by atoms with Crippen LogP contribution in [0, 0.1) is 0 Å². The number of methoxy groups -OCH3 is 1. The summed E-state index contributed by atoms with van der Waals surface area (Å²) < 4.78 is 54.1. The molecule has 0 spiro atoms. The summed E-state index contributed by atoms with van der Waals surface area (Å²) in [6.07, 6.45) is 0.638. The second-order valence-corrected chi connectivity index (χ2v) is 7.69. The molecule has 0 amide bonds. The number of alkyl halides is 3. The zero-order valence-corrected chi connectivity index (χ0v) is 17.6. The first-order valence-corrected chi connectivity index (χ1v) is 10.2. The number of halogens is 3. The third kappa shape index (κ3) is 3.16. The maximum absolute atomic E-state index is 13.1. The molecule has 0 atom stereocenters. The number of hydrogen-bond acceptors (Lipinski definition) is 6. The predicted octanol–water partition coefficient (Wildman–Crippen LogP) is 4.71. The van der Waals surface area contributed by atoms with Crippen molar-refractivity contribution in [2.75, 3.05) is 7.11 Å². The third-order valence-electron chi connectivity index (χ3n) is 5.70. The van der Waals surface area contributed by atoms with Gasteiger partial charge in [0.1, 0.15) is 29.7 Å². The van der Waals surface area contributed by atoms with Crippen LogP contribution >= 0.6 is 0 Å². The highest BCUT2D eigenvalue weighted by Crippen LogP contribution is 2.36. The zero-order chi connectivity index (χ0) is 23.4. The SMILES string of the molecule is COc1ccc2c(c1)-n1nncc1Cc1c(-c3nc(-c4cccc(C(F)(F)F)c4)co3)ncn1-2. The number of hydrogen-bond donors (Lipinski definition) is 0. The predicted molar refractivity (Wildman–Crippen MR) is 114 cm³/mol. The number of benzene rings is 2. The quantitative estimate of drug-likeness (QED) is 0.377. The first kappa shape index (κ1) is 20.2. The number of rotatable bonds is 3. The van der Waals surface area contributed by atoms with E-state index in [9.17, 15) is 13.2 Å². The van der Waals surface area contributed by atoms with E-state index in [1.54, 1.807) is 30.4 Å². The van der Waals surface area contributed by atoms with E-state index in [-0.39, 0.29) is 11.6 Å². The van der Waals surface area contributed by atoms with Crippen LogP contribution in [-0.4, -0.2) is 36.6 Å². The summed E-state index contributed by atoms with van der Waals surface area (Å²) in [5.74, 6) is 0.875. The largest absolute Gasteiger partial charge is 0.497 e. The highest BCUT2D eigenvalue weighted by atomic mass is 19.4. The van der Waals surface area contributed by atoms with Gasteiger partial charge in [-0.2, -0.15) is 13.2 Å². The van der Waals surface area contributed by atoms with Crippen LogP contribution in [-0.2, 0) is 12.6 Å². The van der Waals surface area contributed by atoms with Gasteiger partial charge in [0.15, 0.2) is 0 Å². The van der Waals surface area contributed by atoms with Gasteiger partial charge in [0, 0.05) is 18.1 Å². The maximum atomic E-state index is 13.1. The lowest BCUT2D eigenvalue weighted by Crippen LogP contribution is -2.04. The molecule has 11 heteroatoms. The normalized spacial score (nSPS) is 12.6. The van der Waals surface area contributed by atoms with E-state index in [0.29, 0.717) is 23.4 Å². The Morgan fingerprint density at radius 3 is 2.79 bits per heavy atom. The van der Waals surface area contributed by atoms with Crippen molar-refractivity contribution in [2.24, 2.45) is 0 Å². The van der Waals surface area contributed by atoms with Gasteiger partial charge in [-0.05, 0) is 24.3 Å². The van der Waals surface area contributed by atoms with Gasteiger partial charge < -0.3 is 9.15 Å². The summed E-state index contributed by atoms with van der Waals surface area (Å²) in [7, 11) is 1.59. The third-order valence-corrected chi connectivity index (χ3v) is 5.70. The summed E-state index contributed by atoms with van der Waals surface area (Å²) >= 11 is 0. The molecule has 4 heterocycles. The molecule has 34 heavy (non-hydrogen) atoms.